The van der Waals surface area contributed by atoms with Crippen molar-refractivity contribution in [2.45, 2.75) is 12.5 Å². The number of hydrogen-bond acceptors (Lipinski definition) is 4. The monoisotopic (exact) mass is 206 g/mol. The summed E-state index contributed by atoms with van der Waals surface area (Å²) in [7, 11) is 0. The predicted octanol–water partition coefficient (Wildman–Crippen LogP) is 1.81. The Morgan fingerprint density at radius 2 is 2.36 bits per heavy atom. The van der Waals surface area contributed by atoms with Gasteiger partial charge in [-0.05, 0) is 22.4 Å². The normalized spacial score (nSPS) is 12.6. The maximum Gasteiger partial charge on any atom is 0.102 e. The standard InChI is InChI=1S/C10H10N2OS/c13-10(5-8-1-4-14-7-8)9-6-11-2-3-12-9/h1-4,6-7,10,13H,5H2. The van der Waals surface area contributed by atoms with Crippen molar-refractivity contribution in [3.05, 3.63) is 46.7 Å². The number of aliphatic hydroxyl groups excluding tert-OH is 1. The molecule has 0 bridgehead atoms. The van der Waals surface area contributed by atoms with Crippen molar-refractivity contribution in [3.8, 4) is 0 Å². The molecule has 0 amide bonds. The van der Waals surface area contributed by atoms with E-state index in [2.05, 4.69) is 9.97 Å². The molecule has 2 rings (SSSR count). The van der Waals surface area contributed by atoms with E-state index in [1.165, 1.54) is 0 Å². The Bertz CT molecular complexity index is 374. The van der Waals surface area contributed by atoms with Gasteiger partial charge in [-0.2, -0.15) is 11.3 Å². The Hall–Kier alpha value is -1.26. The molecule has 1 atom stereocenters. The van der Waals surface area contributed by atoms with Crippen LogP contribution < -0.4 is 0 Å². The van der Waals surface area contributed by atoms with Gasteiger partial charge in [0.05, 0.1) is 11.9 Å². The highest BCUT2D eigenvalue weighted by atomic mass is 32.1. The van der Waals surface area contributed by atoms with Crippen molar-refractivity contribution in [1.82, 2.24) is 9.97 Å². The molecule has 2 aromatic heterocycles. The molecule has 1 N–H and O–H groups in total. The first kappa shape index (κ1) is 9.30. The number of aromatic nitrogens is 2. The smallest absolute Gasteiger partial charge is 0.102 e. The molecule has 2 heterocycles. The third-order valence-electron chi connectivity index (χ3n) is 1.93. The van der Waals surface area contributed by atoms with Crippen LogP contribution in [0.3, 0.4) is 0 Å². The van der Waals surface area contributed by atoms with Gasteiger partial charge in [0, 0.05) is 18.8 Å². The molecule has 0 spiro atoms. The van der Waals surface area contributed by atoms with Crippen molar-refractivity contribution in [2.75, 3.05) is 0 Å². The number of hydrogen-bond donors (Lipinski definition) is 1. The van der Waals surface area contributed by atoms with E-state index in [0.29, 0.717) is 12.1 Å². The lowest BCUT2D eigenvalue weighted by atomic mass is 10.1. The highest BCUT2D eigenvalue weighted by Crippen LogP contribution is 2.16. The largest absolute Gasteiger partial charge is 0.386 e. The van der Waals surface area contributed by atoms with E-state index in [9.17, 15) is 5.11 Å². The van der Waals surface area contributed by atoms with E-state index >= 15 is 0 Å². The summed E-state index contributed by atoms with van der Waals surface area (Å²) in [6.45, 7) is 0. The van der Waals surface area contributed by atoms with Gasteiger partial charge in [0.2, 0.25) is 0 Å². The van der Waals surface area contributed by atoms with Crippen LogP contribution in [0.15, 0.2) is 35.4 Å². The number of aliphatic hydroxyl groups is 1. The summed E-state index contributed by atoms with van der Waals surface area (Å²) < 4.78 is 0. The summed E-state index contributed by atoms with van der Waals surface area (Å²) in [6, 6.07) is 2.00. The third kappa shape index (κ3) is 2.16. The van der Waals surface area contributed by atoms with E-state index in [0.717, 1.165) is 5.56 Å². The SMILES string of the molecule is OC(Cc1ccsc1)c1cnccn1. The highest BCUT2D eigenvalue weighted by Gasteiger charge is 2.09. The molecular weight excluding hydrogens is 196 g/mol. The molecule has 14 heavy (non-hydrogen) atoms. The minimum absolute atomic E-state index is 0.557. The van der Waals surface area contributed by atoms with E-state index in [-0.39, 0.29) is 0 Å². The van der Waals surface area contributed by atoms with E-state index in [1.54, 1.807) is 29.9 Å². The molecule has 0 saturated heterocycles. The first-order valence-electron chi connectivity index (χ1n) is 4.31. The number of nitrogens with zero attached hydrogens (tertiary/aromatic N) is 2. The zero-order chi connectivity index (χ0) is 9.80. The Morgan fingerprint density at radius 3 is 3.00 bits per heavy atom. The number of thiophene rings is 1. The van der Waals surface area contributed by atoms with Gasteiger partial charge in [0.25, 0.3) is 0 Å². The summed E-state index contributed by atoms with van der Waals surface area (Å²) in [5.41, 5.74) is 1.76. The first-order valence-corrected chi connectivity index (χ1v) is 5.25. The molecule has 0 saturated carbocycles. The molecule has 0 aliphatic carbocycles. The van der Waals surface area contributed by atoms with Crippen LogP contribution in [0.5, 0.6) is 0 Å². The lowest BCUT2D eigenvalue weighted by Gasteiger charge is -2.07. The van der Waals surface area contributed by atoms with Gasteiger partial charge in [-0.3, -0.25) is 9.97 Å². The van der Waals surface area contributed by atoms with Crippen LogP contribution in [0, 0.1) is 0 Å². The van der Waals surface area contributed by atoms with Gasteiger partial charge < -0.3 is 5.11 Å². The molecule has 4 heteroatoms. The fourth-order valence-electron chi connectivity index (χ4n) is 1.22. The zero-order valence-electron chi connectivity index (χ0n) is 7.50. The Balaban J connectivity index is 2.07. The molecule has 0 aliphatic rings. The second kappa shape index (κ2) is 4.30. The third-order valence-corrected chi connectivity index (χ3v) is 2.67. The summed E-state index contributed by atoms with van der Waals surface area (Å²) in [4.78, 5) is 7.97. The fraction of sp³-hybridized carbons (Fsp3) is 0.200. The molecule has 0 radical (unpaired) electrons. The Kier molecular flexibility index (Phi) is 2.86. The van der Waals surface area contributed by atoms with Crippen molar-refractivity contribution in [3.63, 3.8) is 0 Å². The molecule has 3 nitrogen and oxygen atoms in total. The van der Waals surface area contributed by atoms with Crippen molar-refractivity contribution in [1.29, 1.82) is 0 Å². The molecule has 2 aromatic rings. The van der Waals surface area contributed by atoms with Crippen LogP contribution in [0.1, 0.15) is 17.4 Å². The van der Waals surface area contributed by atoms with Gasteiger partial charge in [-0.15, -0.1) is 0 Å². The van der Waals surface area contributed by atoms with Crippen LogP contribution in [-0.2, 0) is 6.42 Å². The molecule has 0 aliphatic heterocycles. The second-order valence-electron chi connectivity index (χ2n) is 2.98. The molecule has 72 valence electrons. The fourth-order valence-corrected chi connectivity index (χ4v) is 1.90. The van der Waals surface area contributed by atoms with Crippen molar-refractivity contribution >= 4 is 11.3 Å². The molecule has 0 aromatic carbocycles. The van der Waals surface area contributed by atoms with Crippen molar-refractivity contribution < 1.29 is 5.11 Å². The molecule has 1 unspecified atom stereocenters. The quantitative estimate of drug-likeness (QED) is 0.833. The average molecular weight is 206 g/mol. The number of rotatable bonds is 3. The second-order valence-corrected chi connectivity index (χ2v) is 3.76. The Labute approximate surface area is 86.1 Å². The van der Waals surface area contributed by atoms with Gasteiger partial charge >= 0.3 is 0 Å². The summed E-state index contributed by atoms with van der Waals surface area (Å²) in [5.74, 6) is 0. The Morgan fingerprint density at radius 1 is 1.43 bits per heavy atom. The lowest BCUT2D eigenvalue weighted by molar-refractivity contribution is 0.173. The maximum absolute atomic E-state index is 9.79. The van der Waals surface area contributed by atoms with E-state index in [4.69, 9.17) is 0 Å². The van der Waals surface area contributed by atoms with E-state index < -0.39 is 6.10 Å². The predicted molar refractivity (Wildman–Crippen MR) is 55.0 cm³/mol. The minimum Gasteiger partial charge on any atom is -0.386 e. The zero-order valence-corrected chi connectivity index (χ0v) is 8.31. The maximum atomic E-state index is 9.79. The minimum atomic E-state index is -0.557. The summed E-state index contributed by atoms with van der Waals surface area (Å²) >= 11 is 1.63. The van der Waals surface area contributed by atoms with Crippen LogP contribution in [0.2, 0.25) is 0 Å². The average Bonchev–Trinajstić information content (AvgIpc) is 2.72. The highest BCUT2D eigenvalue weighted by molar-refractivity contribution is 7.07. The van der Waals surface area contributed by atoms with Crippen LogP contribution in [0.4, 0.5) is 0 Å². The van der Waals surface area contributed by atoms with E-state index in [1.807, 2.05) is 16.8 Å². The summed E-state index contributed by atoms with van der Waals surface area (Å²) in [5, 5.41) is 13.8. The van der Waals surface area contributed by atoms with Gasteiger partial charge in [-0.25, -0.2) is 0 Å². The van der Waals surface area contributed by atoms with Gasteiger partial charge in [0.1, 0.15) is 6.10 Å². The van der Waals surface area contributed by atoms with Crippen molar-refractivity contribution in [2.24, 2.45) is 0 Å². The molecular formula is C10H10N2OS. The molecule has 0 fully saturated rings. The van der Waals surface area contributed by atoms with Crippen LogP contribution in [-0.4, -0.2) is 15.1 Å². The van der Waals surface area contributed by atoms with Crippen LogP contribution >= 0.6 is 11.3 Å². The first-order chi connectivity index (χ1) is 6.86. The summed E-state index contributed by atoms with van der Waals surface area (Å²) in [6.07, 6.45) is 4.82. The topological polar surface area (TPSA) is 46.0 Å². The van der Waals surface area contributed by atoms with Crippen LogP contribution in [0.25, 0.3) is 0 Å². The van der Waals surface area contributed by atoms with Gasteiger partial charge in [-0.1, -0.05) is 0 Å². The lowest BCUT2D eigenvalue weighted by Crippen LogP contribution is -2.03. The van der Waals surface area contributed by atoms with Gasteiger partial charge in [0.15, 0.2) is 0 Å².